The second-order valence-electron chi connectivity index (χ2n) is 5.54. The number of aromatic nitrogens is 1. The minimum Gasteiger partial charge on any atom is -0.360 e. The van der Waals surface area contributed by atoms with Crippen molar-refractivity contribution in [2.24, 2.45) is 5.41 Å². The normalized spacial score (nSPS) is 21.1. The molecule has 2 amide bonds. The number of hydrogen-bond acceptors (Lipinski definition) is 4. The lowest BCUT2D eigenvalue weighted by Gasteiger charge is -2.38. The van der Waals surface area contributed by atoms with Crippen LogP contribution in [0.5, 0.6) is 0 Å². The second-order valence-corrected chi connectivity index (χ2v) is 5.54. The third-order valence-electron chi connectivity index (χ3n) is 2.90. The molecule has 0 bridgehead atoms. The molecule has 1 aromatic rings. The van der Waals surface area contributed by atoms with Crippen molar-refractivity contribution >= 4 is 11.8 Å². The second kappa shape index (κ2) is 4.44. The molecule has 0 aromatic carbocycles. The minimum atomic E-state index is -0.498. The van der Waals surface area contributed by atoms with Crippen LogP contribution in [-0.2, 0) is 16.1 Å². The summed E-state index contributed by atoms with van der Waals surface area (Å²) >= 11 is 0. The first kappa shape index (κ1) is 12.6. The van der Waals surface area contributed by atoms with Crippen molar-refractivity contribution < 1.29 is 14.1 Å². The molecule has 1 aliphatic rings. The molecule has 1 atom stereocenters. The molecule has 1 saturated heterocycles. The lowest BCUT2D eigenvalue weighted by molar-refractivity contribution is -0.148. The Morgan fingerprint density at radius 1 is 1.50 bits per heavy atom. The predicted molar refractivity (Wildman–Crippen MR) is 63.3 cm³/mol. The van der Waals surface area contributed by atoms with Gasteiger partial charge in [-0.2, -0.15) is 0 Å². The van der Waals surface area contributed by atoms with Gasteiger partial charge in [0, 0.05) is 6.07 Å². The quantitative estimate of drug-likeness (QED) is 0.832. The summed E-state index contributed by atoms with van der Waals surface area (Å²) in [6, 6.07) is 1.19. The first-order chi connectivity index (χ1) is 8.38. The number of amides is 2. The molecular weight excluding hydrogens is 234 g/mol. The van der Waals surface area contributed by atoms with Crippen LogP contribution in [0.3, 0.4) is 0 Å². The zero-order valence-corrected chi connectivity index (χ0v) is 10.8. The van der Waals surface area contributed by atoms with Crippen LogP contribution in [0.25, 0.3) is 0 Å². The van der Waals surface area contributed by atoms with Crippen LogP contribution in [0.15, 0.2) is 16.8 Å². The van der Waals surface area contributed by atoms with Gasteiger partial charge in [0.25, 0.3) is 0 Å². The molecule has 2 heterocycles. The zero-order valence-electron chi connectivity index (χ0n) is 10.8. The van der Waals surface area contributed by atoms with Gasteiger partial charge in [0.05, 0.1) is 12.7 Å². The van der Waals surface area contributed by atoms with Crippen molar-refractivity contribution in [1.29, 1.82) is 0 Å². The van der Waals surface area contributed by atoms with Crippen molar-refractivity contribution in [3.05, 3.63) is 18.0 Å². The highest BCUT2D eigenvalue weighted by Crippen LogP contribution is 2.23. The third-order valence-corrected chi connectivity index (χ3v) is 2.90. The van der Waals surface area contributed by atoms with E-state index in [0.717, 1.165) is 0 Å². The fourth-order valence-electron chi connectivity index (χ4n) is 1.93. The molecule has 18 heavy (non-hydrogen) atoms. The lowest BCUT2D eigenvalue weighted by atomic mass is 9.85. The molecular formula is C12H17N3O3. The highest BCUT2D eigenvalue weighted by Gasteiger charge is 2.40. The van der Waals surface area contributed by atoms with E-state index < -0.39 is 6.04 Å². The summed E-state index contributed by atoms with van der Waals surface area (Å²) in [7, 11) is 0. The van der Waals surface area contributed by atoms with Gasteiger partial charge in [-0.05, 0) is 5.41 Å². The maximum Gasteiger partial charge on any atom is 0.246 e. The van der Waals surface area contributed by atoms with Gasteiger partial charge in [-0.3, -0.25) is 9.59 Å². The summed E-state index contributed by atoms with van der Waals surface area (Å²) in [5.41, 5.74) is -0.313. The minimum absolute atomic E-state index is 0.0616. The summed E-state index contributed by atoms with van der Waals surface area (Å²) in [6.45, 7) is 6.11. The van der Waals surface area contributed by atoms with E-state index in [1.165, 1.54) is 11.1 Å². The van der Waals surface area contributed by atoms with E-state index >= 15 is 0 Å². The van der Waals surface area contributed by atoms with Crippen LogP contribution in [0.4, 0.5) is 0 Å². The summed E-state index contributed by atoms with van der Waals surface area (Å²) in [6.07, 6.45) is 1.52. The Bertz CT molecular complexity index is 448. The average molecular weight is 251 g/mol. The fourth-order valence-corrected chi connectivity index (χ4v) is 1.93. The molecule has 1 aromatic heterocycles. The van der Waals surface area contributed by atoms with Crippen LogP contribution in [0.2, 0.25) is 0 Å². The van der Waals surface area contributed by atoms with Crippen molar-refractivity contribution in [3.63, 3.8) is 0 Å². The molecule has 0 aliphatic carbocycles. The summed E-state index contributed by atoms with van der Waals surface area (Å²) in [5.74, 6) is 0.346. The highest BCUT2D eigenvalue weighted by atomic mass is 16.5. The maximum absolute atomic E-state index is 12.3. The molecule has 1 aliphatic heterocycles. The Morgan fingerprint density at radius 2 is 2.22 bits per heavy atom. The number of carbonyl (C=O) groups excluding carboxylic acids is 2. The zero-order chi connectivity index (χ0) is 13.3. The Labute approximate surface area is 105 Å². The van der Waals surface area contributed by atoms with Crippen molar-refractivity contribution in [3.8, 4) is 0 Å². The van der Waals surface area contributed by atoms with Crippen LogP contribution in [0.1, 0.15) is 26.5 Å². The van der Waals surface area contributed by atoms with Gasteiger partial charge in [0.2, 0.25) is 11.8 Å². The first-order valence-electron chi connectivity index (χ1n) is 5.85. The van der Waals surface area contributed by atoms with Gasteiger partial charge in [-0.1, -0.05) is 25.9 Å². The Kier molecular flexibility index (Phi) is 3.11. The Morgan fingerprint density at radius 3 is 2.78 bits per heavy atom. The Balaban J connectivity index is 2.15. The number of nitrogens with zero attached hydrogens (tertiary/aromatic N) is 2. The largest absolute Gasteiger partial charge is 0.360 e. The summed E-state index contributed by atoms with van der Waals surface area (Å²) in [5, 5.41) is 6.33. The average Bonchev–Trinajstić information content (AvgIpc) is 2.74. The van der Waals surface area contributed by atoms with E-state index in [1.807, 2.05) is 20.8 Å². The van der Waals surface area contributed by atoms with Crippen LogP contribution in [-0.4, -0.2) is 34.5 Å². The number of carbonyl (C=O) groups is 2. The monoisotopic (exact) mass is 251 g/mol. The maximum atomic E-state index is 12.3. The van der Waals surface area contributed by atoms with E-state index in [4.69, 9.17) is 4.52 Å². The Hall–Kier alpha value is -1.85. The smallest absolute Gasteiger partial charge is 0.246 e. The fraction of sp³-hybridized carbons (Fsp3) is 0.583. The van der Waals surface area contributed by atoms with E-state index in [0.29, 0.717) is 5.76 Å². The molecule has 0 saturated carbocycles. The number of piperazine rings is 1. The number of nitrogens with one attached hydrogen (secondary N) is 1. The van der Waals surface area contributed by atoms with E-state index in [2.05, 4.69) is 10.5 Å². The lowest BCUT2D eigenvalue weighted by Crippen LogP contribution is -2.61. The number of rotatable bonds is 2. The van der Waals surface area contributed by atoms with Crippen molar-refractivity contribution in [2.45, 2.75) is 33.4 Å². The van der Waals surface area contributed by atoms with Crippen LogP contribution >= 0.6 is 0 Å². The topological polar surface area (TPSA) is 75.4 Å². The molecule has 2 rings (SSSR count). The van der Waals surface area contributed by atoms with E-state index in [1.54, 1.807) is 6.07 Å². The molecule has 0 radical (unpaired) electrons. The standard InChI is InChI=1S/C12H17N3O3/c1-12(2,3)10-11(17)15(7-9(16)14-10)6-8-4-5-13-18-8/h4-5,10H,6-7H2,1-3H3,(H,14,16). The summed E-state index contributed by atoms with van der Waals surface area (Å²) in [4.78, 5) is 25.4. The SMILES string of the molecule is CC(C)(C)C1NC(=O)CN(Cc2ccno2)C1=O. The van der Waals surface area contributed by atoms with Gasteiger partial charge in [-0.15, -0.1) is 0 Å². The molecule has 98 valence electrons. The van der Waals surface area contributed by atoms with Gasteiger partial charge >= 0.3 is 0 Å². The molecule has 1 fully saturated rings. The molecule has 0 spiro atoms. The van der Waals surface area contributed by atoms with Gasteiger partial charge < -0.3 is 14.7 Å². The molecule has 1 N–H and O–H groups in total. The predicted octanol–water partition coefficient (Wildman–Crippen LogP) is 0.548. The van der Waals surface area contributed by atoms with Crippen LogP contribution < -0.4 is 5.32 Å². The van der Waals surface area contributed by atoms with Crippen molar-refractivity contribution in [2.75, 3.05) is 6.54 Å². The molecule has 1 unspecified atom stereocenters. The molecule has 6 heteroatoms. The number of hydrogen-bond donors (Lipinski definition) is 1. The van der Waals surface area contributed by atoms with Gasteiger partial charge in [-0.25, -0.2) is 0 Å². The first-order valence-corrected chi connectivity index (χ1v) is 5.85. The van der Waals surface area contributed by atoms with Crippen molar-refractivity contribution in [1.82, 2.24) is 15.4 Å². The highest BCUT2D eigenvalue weighted by molar-refractivity contribution is 5.95. The van der Waals surface area contributed by atoms with E-state index in [-0.39, 0.29) is 30.3 Å². The third kappa shape index (κ3) is 2.52. The van der Waals surface area contributed by atoms with E-state index in [9.17, 15) is 9.59 Å². The van der Waals surface area contributed by atoms with Gasteiger partial charge in [0.1, 0.15) is 12.6 Å². The van der Waals surface area contributed by atoms with Gasteiger partial charge in [0.15, 0.2) is 5.76 Å². The summed E-state index contributed by atoms with van der Waals surface area (Å²) < 4.78 is 4.97. The molecule has 6 nitrogen and oxygen atoms in total. The van der Waals surface area contributed by atoms with Crippen LogP contribution in [0, 0.1) is 5.41 Å².